The number of amides is 1. The first-order chi connectivity index (χ1) is 13.4. The summed E-state index contributed by atoms with van der Waals surface area (Å²) in [5.74, 6) is 1.21. The van der Waals surface area contributed by atoms with Crippen LogP contribution in [0, 0.1) is 6.92 Å². The van der Waals surface area contributed by atoms with Crippen molar-refractivity contribution >= 4 is 29.0 Å². The van der Waals surface area contributed by atoms with Gasteiger partial charge in [-0.1, -0.05) is 28.9 Å². The molecule has 3 N–H and O–H groups in total. The summed E-state index contributed by atoms with van der Waals surface area (Å²) in [6, 6.07) is 9.65. The molecule has 1 amide bonds. The van der Waals surface area contributed by atoms with Crippen LogP contribution in [-0.2, 0) is 11.3 Å². The van der Waals surface area contributed by atoms with Gasteiger partial charge in [-0.25, -0.2) is 4.98 Å². The number of nitrogens with two attached hydrogens (primary N) is 1. The van der Waals surface area contributed by atoms with Crippen molar-refractivity contribution < 1.29 is 9.32 Å². The second kappa shape index (κ2) is 8.22. The number of pyridine rings is 1. The molecule has 0 saturated carbocycles. The fraction of sp³-hybridized carbons (Fsp3) is 0.200. The van der Waals surface area contributed by atoms with Crippen molar-refractivity contribution in [3.05, 3.63) is 64.1 Å². The Balaban J connectivity index is 0.000000516. The summed E-state index contributed by atoms with van der Waals surface area (Å²) in [7, 11) is 1.86. The minimum atomic E-state index is -0.333. The van der Waals surface area contributed by atoms with Crippen molar-refractivity contribution in [2.75, 3.05) is 12.4 Å². The van der Waals surface area contributed by atoms with E-state index in [1.54, 1.807) is 6.20 Å². The number of fused-ring (bicyclic) bond motifs is 3. The average Bonchev–Trinajstić information content (AvgIpc) is 2.93. The van der Waals surface area contributed by atoms with Crippen LogP contribution in [0.25, 0.3) is 11.1 Å². The molecule has 0 atom stereocenters. The van der Waals surface area contributed by atoms with Gasteiger partial charge in [0.2, 0.25) is 5.91 Å². The molecule has 0 unspecified atom stereocenters. The van der Waals surface area contributed by atoms with E-state index in [9.17, 15) is 4.79 Å². The number of aryl methyl sites for hydroxylation is 1. The normalized spacial score (nSPS) is 11.9. The zero-order valence-electron chi connectivity index (χ0n) is 15.8. The molecule has 144 valence electrons. The highest BCUT2D eigenvalue weighted by atomic mass is 35.5. The van der Waals surface area contributed by atoms with Crippen molar-refractivity contribution in [2.45, 2.75) is 20.4 Å². The van der Waals surface area contributed by atoms with Crippen molar-refractivity contribution in [1.29, 1.82) is 0 Å². The molecule has 8 heteroatoms. The number of carbonyl (C=O) groups is 1. The van der Waals surface area contributed by atoms with Crippen molar-refractivity contribution in [2.24, 2.45) is 10.7 Å². The van der Waals surface area contributed by atoms with Crippen LogP contribution in [0.1, 0.15) is 29.5 Å². The predicted octanol–water partition coefficient (Wildman–Crippen LogP) is 3.58. The summed E-state index contributed by atoms with van der Waals surface area (Å²) >= 11 is 6.03. The van der Waals surface area contributed by atoms with Crippen molar-refractivity contribution in [3.63, 3.8) is 0 Å². The first kappa shape index (κ1) is 19.6. The molecule has 0 spiro atoms. The number of hydrogen-bond acceptors (Lipinski definition) is 6. The lowest BCUT2D eigenvalue weighted by Crippen LogP contribution is -2.10. The highest BCUT2D eigenvalue weighted by Crippen LogP contribution is 2.37. The van der Waals surface area contributed by atoms with Crippen molar-refractivity contribution in [3.8, 4) is 11.1 Å². The number of halogens is 1. The van der Waals surface area contributed by atoms with Gasteiger partial charge in [-0.3, -0.25) is 9.79 Å². The zero-order chi connectivity index (χ0) is 20.3. The SMILES string of the molecule is CC(N)=O.CNc1nccc2c1C(c1ccc(Cl)cc1)=NCc1onc(C)c1-2. The van der Waals surface area contributed by atoms with Gasteiger partial charge < -0.3 is 15.6 Å². The number of carbonyl (C=O) groups excluding carboxylic acids is 1. The van der Waals surface area contributed by atoms with E-state index >= 15 is 0 Å². The predicted molar refractivity (Wildman–Crippen MR) is 110 cm³/mol. The van der Waals surface area contributed by atoms with Gasteiger partial charge >= 0.3 is 0 Å². The number of aliphatic imine (C=N–C) groups is 1. The third kappa shape index (κ3) is 3.89. The number of hydrogen-bond donors (Lipinski definition) is 2. The molecule has 1 aliphatic heterocycles. The van der Waals surface area contributed by atoms with E-state index in [4.69, 9.17) is 21.1 Å². The van der Waals surface area contributed by atoms with E-state index in [-0.39, 0.29) is 5.91 Å². The van der Waals surface area contributed by atoms with E-state index < -0.39 is 0 Å². The Morgan fingerprint density at radius 1 is 1.21 bits per heavy atom. The number of benzene rings is 1. The zero-order valence-corrected chi connectivity index (χ0v) is 16.5. The van der Waals surface area contributed by atoms with Gasteiger partial charge in [-0.05, 0) is 25.1 Å². The lowest BCUT2D eigenvalue weighted by atomic mass is 9.94. The van der Waals surface area contributed by atoms with Gasteiger partial charge in [0.1, 0.15) is 12.4 Å². The largest absolute Gasteiger partial charge is 0.373 e. The smallest absolute Gasteiger partial charge is 0.214 e. The summed E-state index contributed by atoms with van der Waals surface area (Å²) in [5, 5.41) is 7.96. The monoisotopic (exact) mass is 397 g/mol. The topological polar surface area (TPSA) is 106 Å². The summed E-state index contributed by atoms with van der Waals surface area (Å²) < 4.78 is 5.48. The standard InChI is InChI=1S/C18H15ClN4O.C2H5NO/c1-10-15-13-7-8-21-18(20-2)16(13)17(22-9-14(15)24-23-10)11-3-5-12(19)6-4-11;1-2(3)4/h3-8H,9H2,1-2H3,(H,20,21);1H3,(H2,3,4). The molecule has 4 rings (SSSR count). The summed E-state index contributed by atoms with van der Waals surface area (Å²) in [6.07, 6.45) is 1.78. The number of aromatic nitrogens is 2. The summed E-state index contributed by atoms with van der Waals surface area (Å²) in [5.41, 5.74) is 10.1. The van der Waals surface area contributed by atoms with Crippen LogP contribution < -0.4 is 11.1 Å². The highest BCUT2D eigenvalue weighted by molar-refractivity contribution is 6.30. The Morgan fingerprint density at radius 2 is 1.89 bits per heavy atom. The Kier molecular flexibility index (Phi) is 5.75. The molecule has 28 heavy (non-hydrogen) atoms. The average molecular weight is 398 g/mol. The van der Waals surface area contributed by atoms with E-state index in [0.29, 0.717) is 11.6 Å². The molecule has 7 nitrogen and oxygen atoms in total. The maximum absolute atomic E-state index is 9.22. The van der Waals surface area contributed by atoms with Gasteiger partial charge in [0, 0.05) is 36.3 Å². The number of anilines is 1. The minimum absolute atomic E-state index is 0.333. The Labute approximate surface area is 167 Å². The van der Waals surface area contributed by atoms with Crippen LogP contribution in [0.5, 0.6) is 0 Å². The number of rotatable bonds is 2. The van der Waals surface area contributed by atoms with Crippen LogP contribution in [-0.4, -0.2) is 28.8 Å². The number of primary amides is 1. The Hall–Kier alpha value is -3.19. The molecule has 0 saturated heterocycles. The second-order valence-corrected chi connectivity index (χ2v) is 6.62. The van der Waals surface area contributed by atoms with Gasteiger partial charge in [-0.15, -0.1) is 0 Å². The summed E-state index contributed by atoms with van der Waals surface area (Å²) in [6.45, 7) is 3.69. The lowest BCUT2D eigenvalue weighted by molar-refractivity contribution is -0.115. The molecule has 0 fully saturated rings. The first-order valence-corrected chi connectivity index (χ1v) is 8.99. The molecule has 1 aliphatic rings. The molecule has 2 aromatic heterocycles. The highest BCUT2D eigenvalue weighted by Gasteiger charge is 2.26. The van der Waals surface area contributed by atoms with Crippen LogP contribution in [0.4, 0.5) is 5.82 Å². The number of nitrogens with zero attached hydrogens (tertiary/aromatic N) is 3. The quantitative estimate of drug-likeness (QED) is 0.687. The molecule has 3 heterocycles. The molecule has 0 bridgehead atoms. The maximum atomic E-state index is 9.22. The lowest BCUT2D eigenvalue weighted by Gasteiger charge is -2.14. The van der Waals surface area contributed by atoms with E-state index in [1.807, 2.05) is 44.3 Å². The second-order valence-electron chi connectivity index (χ2n) is 6.18. The molecular formula is C20H20ClN5O2. The number of nitrogens with one attached hydrogen (secondary N) is 1. The Morgan fingerprint density at radius 3 is 2.54 bits per heavy atom. The van der Waals surface area contributed by atoms with Gasteiger partial charge in [-0.2, -0.15) is 0 Å². The molecular weight excluding hydrogens is 378 g/mol. The van der Waals surface area contributed by atoms with Crippen LogP contribution >= 0.6 is 11.6 Å². The molecule has 3 aromatic rings. The fourth-order valence-corrected chi connectivity index (χ4v) is 3.17. The van der Waals surface area contributed by atoms with E-state index in [2.05, 4.69) is 21.2 Å². The molecule has 0 aliphatic carbocycles. The van der Waals surface area contributed by atoms with Gasteiger partial charge in [0.25, 0.3) is 0 Å². The third-order valence-corrected chi connectivity index (χ3v) is 4.38. The van der Waals surface area contributed by atoms with Crippen LogP contribution in [0.2, 0.25) is 5.02 Å². The minimum Gasteiger partial charge on any atom is -0.373 e. The van der Waals surface area contributed by atoms with Crippen LogP contribution in [0.15, 0.2) is 46.0 Å². The Bertz CT molecular complexity index is 1040. The van der Waals surface area contributed by atoms with E-state index in [1.165, 1.54) is 6.92 Å². The fourth-order valence-electron chi connectivity index (χ4n) is 3.04. The van der Waals surface area contributed by atoms with E-state index in [0.717, 1.165) is 45.2 Å². The maximum Gasteiger partial charge on any atom is 0.214 e. The molecule has 1 aromatic carbocycles. The first-order valence-electron chi connectivity index (χ1n) is 8.61. The van der Waals surface area contributed by atoms with Crippen molar-refractivity contribution in [1.82, 2.24) is 10.1 Å². The van der Waals surface area contributed by atoms with Gasteiger partial charge in [0.05, 0.1) is 22.5 Å². The van der Waals surface area contributed by atoms with Crippen LogP contribution in [0.3, 0.4) is 0 Å². The third-order valence-electron chi connectivity index (χ3n) is 4.13. The summed E-state index contributed by atoms with van der Waals surface area (Å²) in [4.78, 5) is 18.5. The van der Waals surface area contributed by atoms with Gasteiger partial charge in [0.15, 0.2) is 5.76 Å². The molecule has 0 radical (unpaired) electrons.